The lowest BCUT2D eigenvalue weighted by Crippen LogP contribution is -2.09. The Bertz CT molecular complexity index is 714. The van der Waals surface area contributed by atoms with Crippen molar-refractivity contribution in [1.82, 2.24) is 4.57 Å². The summed E-state index contributed by atoms with van der Waals surface area (Å²) in [6.45, 7) is 5.24. The van der Waals surface area contributed by atoms with Crippen LogP contribution < -0.4 is 0 Å². The van der Waals surface area contributed by atoms with Crippen LogP contribution in [0.5, 0.6) is 0 Å². The van der Waals surface area contributed by atoms with Gasteiger partial charge in [-0.2, -0.15) is 0 Å². The highest BCUT2D eigenvalue weighted by Gasteiger charge is 2.13. The van der Waals surface area contributed by atoms with Crippen molar-refractivity contribution in [3.8, 4) is 12.3 Å². The summed E-state index contributed by atoms with van der Waals surface area (Å²) in [7, 11) is 0. The van der Waals surface area contributed by atoms with Crippen molar-refractivity contribution in [3.05, 3.63) is 47.7 Å². The molecule has 2 aromatic rings. The van der Waals surface area contributed by atoms with Crippen LogP contribution in [0.2, 0.25) is 0 Å². The zero-order chi connectivity index (χ0) is 13.3. The van der Waals surface area contributed by atoms with Crippen molar-refractivity contribution in [1.29, 1.82) is 0 Å². The molecule has 0 bridgehead atoms. The molecule has 1 aromatic carbocycles. The van der Waals surface area contributed by atoms with Crippen molar-refractivity contribution >= 4 is 23.1 Å². The van der Waals surface area contributed by atoms with Gasteiger partial charge in [0.05, 0.1) is 5.52 Å². The highest BCUT2D eigenvalue weighted by molar-refractivity contribution is 6.06. The van der Waals surface area contributed by atoms with E-state index in [0.29, 0.717) is 27.6 Å². The molecule has 1 aromatic heterocycles. The van der Waals surface area contributed by atoms with Crippen molar-refractivity contribution in [2.24, 2.45) is 0 Å². The molecule has 0 aliphatic heterocycles. The topological polar surface area (TPSA) is 39.1 Å². The van der Waals surface area contributed by atoms with E-state index in [4.69, 9.17) is 6.42 Å². The Morgan fingerprint density at radius 1 is 1.50 bits per heavy atom. The number of hydrogen-bond acceptors (Lipinski definition) is 2. The summed E-state index contributed by atoms with van der Waals surface area (Å²) >= 11 is 0. The molecule has 0 saturated heterocycles. The Morgan fingerprint density at radius 2 is 2.22 bits per heavy atom. The van der Waals surface area contributed by atoms with E-state index in [0.717, 1.165) is 6.29 Å². The molecular formula is C15H11NO2. The minimum absolute atomic E-state index is 0.248. The molecule has 0 spiro atoms. The number of carbonyl (C=O) groups excluding carboxylic acids is 2. The Kier molecular flexibility index (Phi) is 2.86. The van der Waals surface area contributed by atoms with Gasteiger partial charge in [-0.3, -0.25) is 14.2 Å². The lowest BCUT2D eigenvalue weighted by Gasteiger charge is -2.03. The number of fused-ring (bicyclic) bond motifs is 1. The largest absolute Gasteiger partial charge is 0.298 e. The van der Waals surface area contributed by atoms with Gasteiger partial charge in [-0.1, -0.05) is 18.6 Å². The predicted octanol–water partition coefficient (Wildman–Crippen LogP) is 2.65. The number of carbonyl (C=O) groups is 2. The number of benzene rings is 1. The zero-order valence-electron chi connectivity index (χ0n) is 9.93. The van der Waals surface area contributed by atoms with E-state index >= 15 is 0 Å². The van der Waals surface area contributed by atoms with Gasteiger partial charge in [0.25, 0.3) is 5.91 Å². The molecule has 0 aliphatic carbocycles. The molecule has 2 rings (SSSR count). The SMILES string of the molecule is C#Cc1ccc2c(C=O)cn(C(=O)C(=C)C)c2c1. The van der Waals surface area contributed by atoms with Gasteiger partial charge in [-0.05, 0) is 19.1 Å². The maximum atomic E-state index is 12.0. The van der Waals surface area contributed by atoms with Crippen LogP contribution in [0.1, 0.15) is 27.6 Å². The summed E-state index contributed by atoms with van der Waals surface area (Å²) in [4.78, 5) is 23.0. The van der Waals surface area contributed by atoms with Gasteiger partial charge in [0, 0.05) is 28.3 Å². The fraction of sp³-hybridized carbons (Fsp3) is 0.0667. The minimum Gasteiger partial charge on any atom is -0.298 e. The van der Waals surface area contributed by atoms with Crippen LogP contribution in [-0.2, 0) is 0 Å². The quantitative estimate of drug-likeness (QED) is 0.457. The zero-order valence-corrected chi connectivity index (χ0v) is 9.93. The van der Waals surface area contributed by atoms with Crippen LogP contribution in [-0.4, -0.2) is 16.8 Å². The summed E-state index contributed by atoms with van der Waals surface area (Å²) in [5.74, 6) is 2.26. The highest BCUT2D eigenvalue weighted by Crippen LogP contribution is 2.22. The predicted molar refractivity (Wildman–Crippen MR) is 70.7 cm³/mol. The second kappa shape index (κ2) is 4.34. The summed E-state index contributed by atoms with van der Waals surface area (Å²) in [6.07, 6.45) is 7.57. The molecule has 0 aliphatic rings. The number of terminal acetylenes is 1. The van der Waals surface area contributed by atoms with E-state index in [1.54, 1.807) is 25.1 Å². The monoisotopic (exact) mass is 237 g/mol. The van der Waals surface area contributed by atoms with Crippen LogP contribution in [0, 0.1) is 12.3 Å². The van der Waals surface area contributed by atoms with Gasteiger partial charge in [0.2, 0.25) is 0 Å². The number of nitrogens with zero attached hydrogens (tertiary/aromatic N) is 1. The maximum Gasteiger partial charge on any atom is 0.257 e. The Balaban J connectivity index is 2.81. The van der Waals surface area contributed by atoms with E-state index < -0.39 is 0 Å². The smallest absolute Gasteiger partial charge is 0.257 e. The molecule has 0 saturated carbocycles. The van der Waals surface area contributed by atoms with Crippen LogP contribution >= 0.6 is 0 Å². The summed E-state index contributed by atoms with van der Waals surface area (Å²) in [6, 6.07) is 5.20. The lowest BCUT2D eigenvalue weighted by molar-refractivity contribution is 0.0960. The fourth-order valence-corrected chi connectivity index (χ4v) is 1.81. The molecule has 0 amide bonds. The Hall–Kier alpha value is -2.60. The average molecular weight is 237 g/mol. The molecule has 0 fully saturated rings. The number of allylic oxidation sites excluding steroid dienone is 1. The third kappa shape index (κ3) is 1.74. The summed E-state index contributed by atoms with van der Waals surface area (Å²) in [5, 5.41) is 0.707. The first kappa shape index (κ1) is 11.9. The number of hydrogen-bond donors (Lipinski definition) is 0. The molecule has 88 valence electrons. The van der Waals surface area contributed by atoms with E-state index in [1.807, 2.05) is 0 Å². The van der Waals surface area contributed by atoms with Crippen molar-refractivity contribution in [3.63, 3.8) is 0 Å². The Morgan fingerprint density at radius 3 is 2.78 bits per heavy atom. The highest BCUT2D eigenvalue weighted by atomic mass is 16.2. The van der Waals surface area contributed by atoms with Crippen molar-refractivity contribution < 1.29 is 9.59 Å². The standard InChI is InChI=1S/C15H11NO2/c1-4-11-5-6-13-12(9-17)8-16(14(13)7-11)15(18)10(2)3/h1,5-9H,2H2,3H3. The van der Waals surface area contributed by atoms with Crippen LogP contribution in [0.3, 0.4) is 0 Å². The lowest BCUT2D eigenvalue weighted by atomic mass is 10.1. The van der Waals surface area contributed by atoms with Crippen LogP contribution in [0.25, 0.3) is 10.9 Å². The molecule has 0 unspecified atom stereocenters. The summed E-state index contributed by atoms with van der Waals surface area (Å²) < 4.78 is 1.40. The van der Waals surface area contributed by atoms with Crippen LogP contribution in [0.15, 0.2) is 36.5 Å². The second-order valence-corrected chi connectivity index (χ2v) is 4.03. The first-order chi connectivity index (χ1) is 8.58. The third-order valence-electron chi connectivity index (χ3n) is 2.71. The number of aldehydes is 1. The molecule has 1 heterocycles. The molecule has 3 nitrogen and oxygen atoms in total. The molecular weight excluding hydrogens is 226 g/mol. The van der Waals surface area contributed by atoms with Gasteiger partial charge in [0.1, 0.15) is 0 Å². The van der Waals surface area contributed by atoms with E-state index in [1.165, 1.54) is 10.8 Å². The molecule has 18 heavy (non-hydrogen) atoms. The maximum absolute atomic E-state index is 12.0. The van der Waals surface area contributed by atoms with E-state index in [-0.39, 0.29) is 5.91 Å². The van der Waals surface area contributed by atoms with Gasteiger partial charge >= 0.3 is 0 Å². The molecule has 0 radical (unpaired) electrons. The third-order valence-corrected chi connectivity index (χ3v) is 2.71. The van der Waals surface area contributed by atoms with E-state index in [2.05, 4.69) is 12.5 Å². The van der Waals surface area contributed by atoms with Gasteiger partial charge < -0.3 is 0 Å². The minimum atomic E-state index is -0.248. The van der Waals surface area contributed by atoms with Crippen LogP contribution in [0.4, 0.5) is 0 Å². The van der Waals surface area contributed by atoms with Gasteiger partial charge in [-0.25, -0.2) is 0 Å². The van der Waals surface area contributed by atoms with Crippen molar-refractivity contribution in [2.45, 2.75) is 6.92 Å². The second-order valence-electron chi connectivity index (χ2n) is 4.03. The van der Waals surface area contributed by atoms with Gasteiger partial charge in [-0.15, -0.1) is 6.42 Å². The van der Waals surface area contributed by atoms with Crippen molar-refractivity contribution in [2.75, 3.05) is 0 Å². The number of aromatic nitrogens is 1. The molecule has 0 N–H and O–H groups in total. The molecule has 0 atom stereocenters. The first-order valence-corrected chi connectivity index (χ1v) is 5.35. The normalized spacial score (nSPS) is 10.0. The fourth-order valence-electron chi connectivity index (χ4n) is 1.81. The first-order valence-electron chi connectivity index (χ1n) is 5.35. The summed E-state index contributed by atoms with van der Waals surface area (Å²) in [5.41, 5.74) is 2.15. The molecule has 3 heteroatoms. The number of rotatable bonds is 2. The average Bonchev–Trinajstić information content (AvgIpc) is 2.75. The van der Waals surface area contributed by atoms with Gasteiger partial charge in [0.15, 0.2) is 6.29 Å². The Labute approximate surface area is 105 Å². The van der Waals surface area contributed by atoms with E-state index in [9.17, 15) is 9.59 Å².